The van der Waals surface area contributed by atoms with E-state index in [0.717, 1.165) is 42.0 Å². The molecule has 1 heterocycles. The van der Waals surface area contributed by atoms with Gasteiger partial charge in [0.15, 0.2) is 11.5 Å². The summed E-state index contributed by atoms with van der Waals surface area (Å²) in [6, 6.07) is 20.6. The third-order valence-corrected chi connectivity index (χ3v) is 6.19. The van der Waals surface area contributed by atoms with Gasteiger partial charge in [0.25, 0.3) is 0 Å². The van der Waals surface area contributed by atoms with Crippen LogP contribution in [0, 0.1) is 6.92 Å². The van der Waals surface area contributed by atoms with Crippen LogP contribution in [-0.4, -0.2) is 12.7 Å². The monoisotopic (exact) mass is 399 g/mol. The first-order valence-corrected chi connectivity index (χ1v) is 10.5. The van der Waals surface area contributed by atoms with E-state index in [1.54, 1.807) is 0 Å². The molecule has 0 spiro atoms. The number of carbonyl (C=O) groups excluding carboxylic acids is 1. The molecular formula is C26H25NO3. The second-order valence-corrected chi connectivity index (χ2v) is 8.20. The summed E-state index contributed by atoms with van der Waals surface area (Å²) in [6.07, 6.45) is 2.63. The first-order chi connectivity index (χ1) is 14.6. The number of aryl methyl sites for hydroxylation is 2. The first kappa shape index (κ1) is 18.7. The van der Waals surface area contributed by atoms with Gasteiger partial charge in [0, 0.05) is 5.69 Å². The molecule has 0 radical (unpaired) electrons. The Hall–Kier alpha value is -3.27. The van der Waals surface area contributed by atoms with Gasteiger partial charge in [-0.2, -0.15) is 0 Å². The molecule has 4 nitrogen and oxygen atoms in total. The Morgan fingerprint density at radius 3 is 2.60 bits per heavy atom. The Morgan fingerprint density at radius 1 is 1.00 bits per heavy atom. The normalized spacial score (nSPS) is 15.7. The number of amides is 1. The van der Waals surface area contributed by atoms with Crippen LogP contribution < -0.4 is 14.8 Å². The van der Waals surface area contributed by atoms with E-state index < -0.39 is 5.41 Å². The fraction of sp³-hybridized carbons (Fsp3) is 0.269. The summed E-state index contributed by atoms with van der Waals surface area (Å²) in [6.45, 7) is 4.50. The van der Waals surface area contributed by atoms with Crippen molar-refractivity contribution >= 4 is 11.6 Å². The van der Waals surface area contributed by atoms with Gasteiger partial charge < -0.3 is 14.8 Å². The van der Waals surface area contributed by atoms with Crippen molar-refractivity contribution in [2.75, 3.05) is 12.1 Å². The summed E-state index contributed by atoms with van der Waals surface area (Å²) < 4.78 is 10.9. The van der Waals surface area contributed by atoms with Crippen molar-refractivity contribution in [1.29, 1.82) is 0 Å². The van der Waals surface area contributed by atoms with Gasteiger partial charge in [-0.05, 0) is 72.7 Å². The highest BCUT2D eigenvalue weighted by Gasteiger charge is 2.51. The summed E-state index contributed by atoms with van der Waals surface area (Å²) >= 11 is 0. The molecule has 1 aliphatic heterocycles. The van der Waals surface area contributed by atoms with Crippen LogP contribution in [0.15, 0.2) is 60.7 Å². The number of anilines is 1. The van der Waals surface area contributed by atoms with Gasteiger partial charge >= 0.3 is 0 Å². The summed E-state index contributed by atoms with van der Waals surface area (Å²) in [5.74, 6) is 1.51. The van der Waals surface area contributed by atoms with Gasteiger partial charge in [0.05, 0.1) is 5.41 Å². The average molecular weight is 399 g/mol. The van der Waals surface area contributed by atoms with Crippen molar-refractivity contribution in [3.05, 3.63) is 77.4 Å². The average Bonchev–Trinajstić information content (AvgIpc) is 3.44. The van der Waals surface area contributed by atoms with Gasteiger partial charge in [-0.15, -0.1) is 0 Å². The predicted molar refractivity (Wildman–Crippen MR) is 118 cm³/mol. The zero-order valence-electron chi connectivity index (χ0n) is 17.3. The summed E-state index contributed by atoms with van der Waals surface area (Å²) in [7, 11) is 0. The fourth-order valence-corrected chi connectivity index (χ4v) is 4.26. The predicted octanol–water partition coefficient (Wildman–Crippen LogP) is 5.62. The Morgan fingerprint density at radius 2 is 1.83 bits per heavy atom. The molecule has 1 amide bonds. The fourth-order valence-electron chi connectivity index (χ4n) is 4.26. The highest BCUT2D eigenvalue weighted by molar-refractivity contribution is 6.02. The molecule has 3 aromatic carbocycles. The van der Waals surface area contributed by atoms with Crippen molar-refractivity contribution in [2.24, 2.45) is 0 Å². The molecule has 0 atom stereocenters. The number of fused-ring (bicyclic) bond motifs is 1. The largest absolute Gasteiger partial charge is 0.454 e. The SMILES string of the molecule is CCc1ccc(NC(=O)C2(c3ccc4c(c3)OCO4)CC2)cc1-c1cccc(C)c1. The highest BCUT2D eigenvalue weighted by atomic mass is 16.7. The van der Waals surface area contributed by atoms with Crippen LogP contribution in [0.25, 0.3) is 11.1 Å². The lowest BCUT2D eigenvalue weighted by atomic mass is 9.93. The third-order valence-electron chi connectivity index (χ3n) is 6.19. The van der Waals surface area contributed by atoms with Crippen molar-refractivity contribution < 1.29 is 14.3 Å². The van der Waals surface area contributed by atoms with E-state index >= 15 is 0 Å². The Bertz CT molecular complexity index is 1130. The molecular weight excluding hydrogens is 374 g/mol. The minimum Gasteiger partial charge on any atom is -0.454 e. The molecule has 152 valence electrons. The van der Waals surface area contributed by atoms with Crippen molar-refractivity contribution in [3.63, 3.8) is 0 Å². The lowest BCUT2D eigenvalue weighted by molar-refractivity contribution is -0.118. The van der Waals surface area contributed by atoms with Crippen LogP contribution in [0.5, 0.6) is 11.5 Å². The summed E-state index contributed by atoms with van der Waals surface area (Å²) in [4.78, 5) is 13.3. The maximum absolute atomic E-state index is 13.3. The van der Waals surface area contributed by atoms with Crippen LogP contribution in [-0.2, 0) is 16.6 Å². The quantitative estimate of drug-likeness (QED) is 0.605. The van der Waals surface area contributed by atoms with Gasteiger partial charge in [-0.3, -0.25) is 4.79 Å². The number of ether oxygens (including phenoxy) is 2. The zero-order valence-corrected chi connectivity index (χ0v) is 17.3. The second kappa shape index (κ2) is 7.21. The molecule has 0 bridgehead atoms. The van der Waals surface area contributed by atoms with E-state index in [0.29, 0.717) is 0 Å². The molecule has 0 aromatic heterocycles. The standard InChI is InChI=1S/C26H25NO3/c1-3-18-7-9-21(15-22(18)19-6-4-5-17(2)13-19)27-25(28)26(11-12-26)20-8-10-23-24(14-20)30-16-29-23/h4-10,13-15H,3,11-12,16H2,1-2H3,(H,27,28). The molecule has 0 unspecified atom stereocenters. The molecule has 30 heavy (non-hydrogen) atoms. The zero-order chi connectivity index (χ0) is 20.7. The number of hydrogen-bond acceptors (Lipinski definition) is 3. The van der Waals surface area contributed by atoms with Gasteiger partial charge in [0.1, 0.15) is 0 Å². The maximum Gasteiger partial charge on any atom is 0.235 e. The molecule has 1 saturated carbocycles. The first-order valence-electron chi connectivity index (χ1n) is 10.5. The van der Waals surface area contributed by atoms with Gasteiger partial charge in [0.2, 0.25) is 12.7 Å². The summed E-state index contributed by atoms with van der Waals surface area (Å²) in [5.41, 5.74) is 6.20. The van der Waals surface area contributed by atoms with Crippen LogP contribution >= 0.6 is 0 Å². The molecule has 0 saturated heterocycles. The molecule has 5 rings (SSSR count). The van der Waals surface area contributed by atoms with E-state index in [1.807, 2.05) is 24.3 Å². The maximum atomic E-state index is 13.3. The minimum atomic E-state index is -0.478. The number of carbonyl (C=O) groups is 1. The van der Waals surface area contributed by atoms with Crippen LogP contribution in [0.1, 0.15) is 36.5 Å². The van der Waals surface area contributed by atoms with Crippen molar-refractivity contribution in [1.82, 2.24) is 0 Å². The molecule has 3 aromatic rings. The van der Waals surface area contributed by atoms with E-state index in [-0.39, 0.29) is 12.7 Å². The van der Waals surface area contributed by atoms with E-state index in [9.17, 15) is 4.79 Å². The Labute approximate surface area is 176 Å². The second-order valence-electron chi connectivity index (χ2n) is 8.20. The lowest BCUT2D eigenvalue weighted by Gasteiger charge is -2.18. The highest BCUT2D eigenvalue weighted by Crippen LogP contribution is 2.51. The smallest absolute Gasteiger partial charge is 0.235 e. The number of benzene rings is 3. The molecule has 1 aliphatic carbocycles. The van der Waals surface area contributed by atoms with E-state index in [1.165, 1.54) is 22.3 Å². The number of hydrogen-bond donors (Lipinski definition) is 1. The third kappa shape index (κ3) is 3.22. The van der Waals surface area contributed by atoms with Crippen LogP contribution in [0.3, 0.4) is 0 Å². The lowest BCUT2D eigenvalue weighted by Crippen LogP contribution is -2.27. The number of rotatable bonds is 5. The van der Waals surface area contributed by atoms with Gasteiger partial charge in [-0.1, -0.05) is 48.9 Å². The van der Waals surface area contributed by atoms with E-state index in [4.69, 9.17) is 9.47 Å². The van der Waals surface area contributed by atoms with Crippen LogP contribution in [0.4, 0.5) is 5.69 Å². The van der Waals surface area contributed by atoms with Crippen molar-refractivity contribution in [3.8, 4) is 22.6 Å². The molecule has 1 N–H and O–H groups in total. The topological polar surface area (TPSA) is 47.6 Å². The van der Waals surface area contributed by atoms with E-state index in [2.05, 4.69) is 55.6 Å². The van der Waals surface area contributed by atoms with Gasteiger partial charge in [-0.25, -0.2) is 0 Å². The number of nitrogens with one attached hydrogen (secondary N) is 1. The summed E-state index contributed by atoms with van der Waals surface area (Å²) in [5, 5.41) is 3.18. The van der Waals surface area contributed by atoms with Crippen LogP contribution in [0.2, 0.25) is 0 Å². The minimum absolute atomic E-state index is 0.0424. The Balaban J connectivity index is 1.43. The molecule has 1 fully saturated rings. The van der Waals surface area contributed by atoms with Crippen molar-refractivity contribution in [2.45, 2.75) is 38.5 Å². The Kier molecular flexibility index (Phi) is 4.50. The molecule has 4 heteroatoms. The molecule has 2 aliphatic rings.